The van der Waals surface area contributed by atoms with E-state index in [1.807, 2.05) is 38.1 Å². The fourth-order valence-electron chi connectivity index (χ4n) is 5.84. The van der Waals surface area contributed by atoms with Gasteiger partial charge in [-0.05, 0) is 63.6 Å². The molecule has 1 aliphatic carbocycles. The van der Waals surface area contributed by atoms with Crippen LogP contribution >= 0.6 is 0 Å². The molecule has 2 aromatic carbocycles. The van der Waals surface area contributed by atoms with Crippen LogP contribution in [-0.4, -0.2) is 48.7 Å². The number of aromatic nitrogens is 1. The topological polar surface area (TPSA) is 132 Å². The molecule has 10 nitrogen and oxygen atoms in total. The zero-order chi connectivity index (χ0) is 32.4. The Labute approximate surface area is 258 Å². The van der Waals surface area contributed by atoms with Gasteiger partial charge in [0, 0.05) is 30.6 Å². The Kier molecular flexibility index (Phi) is 8.84. The number of carbonyl (C=O) groups is 2. The number of aromatic amines is 1. The van der Waals surface area contributed by atoms with Crippen LogP contribution in [0.3, 0.4) is 0 Å². The highest BCUT2D eigenvalue weighted by Crippen LogP contribution is 2.48. The molecule has 2 N–H and O–H groups in total. The van der Waals surface area contributed by atoms with Crippen molar-refractivity contribution in [3.8, 4) is 28.7 Å². The van der Waals surface area contributed by atoms with Crippen LogP contribution in [0.4, 0.5) is 13.6 Å². The average Bonchev–Trinajstić information content (AvgIpc) is 3.68. The Hall–Kier alpha value is -4.89. The minimum absolute atomic E-state index is 0.0393. The number of aryl methyl sites for hydroxylation is 2. The number of nitriles is 1. The maximum Gasteiger partial charge on any atom is 0.586 e. The number of benzene rings is 2. The molecule has 0 atom stereocenters. The van der Waals surface area contributed by atoms with E-state index in [2.05, 4.69) is 19.8 Å². The van der Waals surface area contributed by atoms with Gasteiger partial charge >= 0.3 is 12.5 Å². The summed E-state index contributed by atoms with van der Waals surface area (Å²) in [4.78, 5) is 27.9. The first-order valence-corrected chi connectivity index (χ1v) is 14.5. The maximum atomic E-state index is 13.0. The fourth-order valence-corrected chi connectivity index (χ4v) is 5.84. The summed E-state index contributed by atoms with van der Waals surface area (Å²) in [6.07, 6.45) is 1.62. The van der Waals surface area contributed by atoms with Crippen molar-refractivity contribution >= 4 is 17.6 Å². The van der Waals surface area contributed by atoms with Gasteiger partial charge in [-0.3, -0.25) is 4.79 Å². The van der Waals surface area contributed by atoms with Gasteiger partial charge in [-0.1, -0.05) is 35.9 Å². The second kappa shape index (κ2) is 12.6. The Morgan fingerprint density at radius 3 is 2.53 bits per heavy atom. The van der Waals surface area contributed by atoms with E-state index in [9.17, 15) is 18.4 Å². The molecule has 1 fully saturated rings. The number of hydrogen-bond acceptors (Lipinski definition) is 8. The third-order valence-electron chi connectivity index (χ3n) is 8.06. The summed E-state index contributed by atoms with van der Waals surface area (Å²) >= 11 is 0. The molecule has 0 radical (unpaired) electrons. The molecule has 1 saturated carbocycles. The number of H-pyrrole nitrogens is 1. The summed E-state index contributed by atoms with van der Waals surface area (Å²) in [5.41, 5.74) is 3.76. The maximum absolute atomic E-state index is 13.0. The number of ether oxygens (including phenoxy) is 5. The van der Waals surface area contributed by atoms with Crippen LogP contribution in [0.25, 0.3) is 16.7 Å². The van der Waals surface area contributed by atoms with Crippen molar-refractivity contribution in [3.05, 3.63) is 76.8 Å². The summed E-state index contributed by atoms with van der Waals surface area (Å²) < 4.78 is 51.0. The number of amides is 1. The fraction of sp³-hybridized carbons (Fsp3) is 0.364. The second-order valence-corrected chi connectivity index (χ2v) is 11.0. The van der Waals surface area contributed by atoms with E-state index in [4.69, 9.17) is 19.5 Å². The Bertz CT molecular complexity index is 1680. The van der Waals surface area contributed by atoms with Gasteiger partial charge in [0.25, 0.3) is 5.91 Å². The third-order valence-corrected chi connectivity index (χ3v) is 8.06. The molecule has 1 amide bonds. The number of nitrogens with one attached hydrogen (secondary N) is 2. The Morgan fingerprint density at radius 1 is 1.09 bits per heavy atom. The van der Waals surface area contributed by atoms with Crippen molar-refractivity contribution in [2.24, 2.45) is 0 Å². The minimum Gasteiger partial charge on any atom is -0.434 e. The van der Waals surface area contributed by atoms with Gasteiger partial charge in [-0.15, -0.1) is 8.78 Å². The van der Waals surface area contributed by atoms with E-state index in [1.54, 1.807) is 32.4 Å². The predicted molar refractivity (Wildman–Crippen MR) is 158 cm³/mol. The lowest BCUT2D eigenvalue weighted by Crippen LogP contribution is -2.49. The van der Waals surface area contributed by atoms with Gasteiger partial charge in [0.1, 0.15) is 11.8 Å². The number of rotatable bonds is 5. The van der Waals surface area contributed by atoms with E-state index < -0.39 is 18.0 Å². The first kappa shape index (κ1) is 31.5. The van der Waals surface area contributed by atoms with Gasteiger partial charge in [0.05, 0.1) is 29.4 Å². The molecular formula is C33H33F2N3O7. The van der Waals surface area contributed by atoms with Gasteiger partial charge in [-0.25, -0.2) is 4.79 Å². The summed E-state index contributed by atoms with van der Waals surface area (Å²) in [7, 11) is 1.70. The lowest BCUT2D eigenvalue weighted by molar-refractivity contribution is -0.286. The molecule has 0 unspecified atom stereocenters. The Morgan fingerprint density at radius 2 is 1.84 bits per heavy atom. The zero-order valence-corrected chi connectivity index (χ0v) is 25.3. The van der Waals surface area contributed by atoms with Crippen LogP contribution in [0, 0.1) is 25.2 Å². The smallest absolute Gasteiger partial charge is 0.434 e. The van der Waals surface area contributed by atoms with E-state index in [1.165, 1.54) is 12.3 Å². The summed E-state index contributed by atoms with van der Waals surface area (Å²) in [6, 6.07) is 12.4. The molecule has 3 heterocycles. The van der Waals surface area contributed by atoms with Crippen LogP contribution in [0.1, 0.15) is 54.9 Å². The number of methoxy groups -OCH3 is 1. The molecule has 12 heteroatoms. The number of alkyl halides is 2. The quantitative estimate of drug-likeness (QED) is 0.308. The Balaban J connectivity index is 0.000000192. The third kappa shape index (κ3) is 6.35. The van der Waals surface area contributed by atoms with Crippen molar-refractivity contribution in [3.63, 3.8) is 0 Å². The molecule has 1 spiro atoms. The van der Waals surface area contributed by atoms with Crippen LogP contribution < -0.4 is 14.8 Å². The van der Waals surface area contributed by atoms with E-state index >= 15 is 0 Å². The molecular weight excluding hydrogens is 588 g/mol. The second-order valence-electron chi connectivity index (χ2n) is 11.0. The minimum atomic E-state index is -3.67. The molecule has 2 aliphatic heterocycles. The molecule has 3 aromatic rings. The highest BCUT2D eigenvalue weighted by molar-refractivity contribution is 6.24. The van der Waals surface area contributed by atoms with E-state index in [0.717, 1.165) is 29.5 Å². The number of para-hydroxylation sites is 1. The van der Waals surface area contributed by atoms with Crippen molar-refractivity contribution < 1.29 is 42.1 Å². The normalized spacial score (nSPS) is 21.1. The van der Waals surface area contributed by atoms with Crippen molar-refractivity contribution in [2.45, 2.75) is 64.4 Å². The first-order chi connectivity index (χ1) is 21.5. The summed E-state index contributed by atoms with van der Waals surface area (Å²) in [5.74, 6) is 0.0780. The molecule has 3 aliphatic rings. The van der Waals surface area contributed by atoms with Gasteiger partial charge in [0.15, 0.2) is 11.5 Å². The monoisotopic (exact) mass is 621 g/mol. The molecule has 6 rings (SSSR count). The lowest BCUT2D eigenvalue weighted by atomic mass is 9.79. The number of carbonyl (C=O) groups excluding carboxylic acids is 2. The molecule has 0 saturated heterocycles. The number of halogens is 2. The van der Waals surface area contributed by atoms with Crippen LogP contribution in [0.15, 0.2) is 54.6 Å². The van der Waals surface area contributed by atoms with Crippen molar-refractivity contribution in [1.82, 2.24) is 10.3 Å². The summed E-state index contributed by atoms with van der Waals surface area (Å²) in [6.45, 7) is 5.86. The van der Waals surface area contributed by atoms with Crippen LogP contribution in [0.5, 0.6) is 11.5 Å². The van der Waals surface area contributed by atoms with Crippen molar-refractivity contribution in [2.75, 3.05) is 13.7 Å². The highest BCUT2D eigenvalue weighted by atomic mass is 19.3. The SMILES string of the molecule is CCOC(=O)OC1=C(c2cc(C)ccc2C)C(=O)N[C@]12CC[C@@H](OC)CC2.N#Cc1c[nH]cc1-c1cccc2c1OC(F)(F)O2. The zero-order valence-electron chi connectivity index (χ0n) is 25.3. The van der Waals surface area contributed by atoms with Crippen LogP contribution in [0.2, 0.25) is 0 Å². The largest absolute Gasteiger partial charge is 0.586 e. The standard InChI is InChI=1S/C21H27NO5.C12H6F2N2O2/c1-5-26-20(24)27-18-17(16-12-13(2)6-7-14(16)3)19(23)22-21(18)10-8-15(25-4)9-11-21;13-12(14)17-10-3-1-2-8(11(10)18-12)9-6-16-5-7(9)4-15/h6-7,12,15H,5,8-11H2,1-4H3,(H,22,23);1-3,5-6,16H/t15-,21+;. The number of fused-ring (bicyclic) bond motifs is 1. The van der Waals surface area contributed by atoms with E-state index in [-0.39, 0.29) is 30.1 Å². The lowest BCUT2D eigenvalue weighted by Gasteiger charge is -2.37. The molecule has 0 bridgehead atoms. The molecule has 1 aromatic heterocycles. The average molecular weight is 622 g/mol. The summed E-state index contributed by atoms with van der Waals surface area (Å²) in [5, 5.41) is 12.0. The van der Waals surface area contributed by atoms with Crippen LogP contribution in [-0.2, 0) is 19.0 Å². The number of nitrogens with zero attached hydrogens (tertiary/aromatic N) is 1. The molecule has 45 heavy (non-hydrogen) atoms. The van der Waals surface area contributed by atoms with E-state index in [0.29, 0.717) is 40.9 Å². The predicted octanol–water partition coefficient (Wildman–Crippen LogP) is 6.52. The molecule has 236 valence electrons. The first-order valence-electron chi connectivity index (χ1n) is 14.5. The highest BCUT2D eigenvalue weighted by Gasteiger charge is 2.50. The van der Waals surface area contributed by atoms with Gasteiger partial charge in [-0.2, -0.15) is 5.26 Å². The van der Waals surface area contributed by atoms with Crippen molar-refractivity contribution in [1.29, 1.82) is 5.26 Å². The van der Waals surface area contributed by atoms with Gasteiger partial charge in [0.2, 0.25) is 0 Å². The van der Waals surface area contributed by atoms with Gasteiger partial charge < -0.3 is 34.0 Å². The number of hydrogen-bond donors (Lipinski definition) is 2.